The van der Waals surface area contributed by atoms with Crippen molar-refractivity contribution in [1.29, 1.82) is 0 Å². The number of halogens is 1. The number of hydrogen-bond acceptors (Lipinski definition) is 5. The fourth-order valence-corrected chi connectivity index (χ4v) is 2.99. The van der Waals surface area contributed by atoms with E-state index in [2.05, 4.69) is 20.6 Å². The van der Waals surface area contributed by atoms with Crippen LogP contribution in [-0.4, -0.2) is 21.5 Å². The van der Waals surface area contributed by atoms with E-state index < -0.39 is 5.60 Å². The molecule has 0 spiro atoms. The zero-order valence-electron chi connectivity index (χ0n) is 17.5. The Bertz CT molecular complexity index is 1040. The lowest BCUT2D eigenvalue weighted by Gasteiger charge is -2.26. The van der Waals surface area contributed by atoms with Gasteiger partial charge in [0.25, 0.3) is 5.91 Å². The van der Waals surface area contributed by atoms with Gasteiger partial charge in [0.05, 0.1) is 0 Å². The molecular formula is C23H25ClN4O2. The van der Waals surface area contributed by atoms with Gasteiger partial charge in [-0.05, 0) is 69.2 Å². The summed E-state index contributed by atoms with van der Waals surface area (Å²) < 4.78 is 5.90. The van der Waals surface area contributed by atoms with Crippen LogP contribution in [0.5, 0.6) is 5.75 Å². The van der Waals surface area contributed by atoms with E-state index in [4.69, 9.17) is 16.3 Å². The van der Waals surface area contributed by atoms with Gasteiger partial charge in [0, 0.05) is 28.2 Å². The third-order valence-corrected chi connectivity index (χ3v) is 4.80. The molecule has 3 aromatic rings. The number of carbonyl (C=O) groups is 1. The molecule has 0 unspecified atom stereocenters. The molecule has 0 bridgehead atoms. The Morgan fingerprint density at radius 2 is 1.83 bits per heavy atom. The first-order valence-electron chi connectivity index (χ1n) is 9.71. The molecule has 0 saturated carbocycles. The number of aromatic nitrogens is 2. The van der Waals surface area contributed by atoms with Gasteiger partial charge in [-0.3, -0.25) is 4.79 Å². The molecule has 2 N–H and O–H groups in total. The minimum Gasteiger partial charge on any atom is -0.478 e. The van der Waals surface area contributed by atoms with Crippen molar-refractivity contribution in [1.82, 2.24) is 9.97 Å². The smallest absolute Gasteiger partial charge is 0.267 e. The Balaban J connectivity index is 1.78. The van der Waals surface area contributed by atoms with Gasteiger partial charge in [0.1, 0.15) is 17.9 Å². The summed E-state index contributed by atoms with van der Waals surface area (Å²) in [6, 6.07) is 14.6. The van der Waals surface area contributed by atoms with Gasteiger partial charge in [-0.1, -0.05) is 24.6 Å². The number of aryl methyl sites for hydroxylation is 2. The maximum absolute atomic E-state index is 13.0. The lowest BCUT2D eigenvalue weighted by atomic mass is 10.1. The van der Waals surface area contributed by atoms with Crippen LogP contribution in [0.3, 0.4) is 0 Å². The minimum atomic E-state index is -1.08. The molecule has 156 valence electrons. The second-order valence-corrected chi connectivity index (χ2v) is 7.85. The average Bonchev–Trinajstić information content (AvgIpc) is 2.70. The monoisotopic (exact) mass is 424 g/mol. The lowest BCUT2D eigenvalue weighted by molar-refractivity contribution is -0.128. The van der Waals surface area contributed by atoms with Crippen molar-refractivity contribution in [3.63, 3.8) is 0 Å². The number of rotatable bonds is 7. The molecule has 6 nitrogen and oxygen atoms in total. The number of hydrogen-bond donors (Lipinski definition) is 2. The van der Waals surface area contributed by atoms with Crippen molar-refractivity contribution in [3.8, 4) is 5.75 Å². The second kappa shape index (κ2) is 9.13. The molecule has 0 fully saturated rings. The molecule has 0 aliphatic heterocycles. The molecule has 0 saturated heterocycles. The van der Waals surface area contributed by atoms with Gasteiger partial charge in [-0.25, -0.2) is 9.97 Å². The van der Waals surface area contributed by atoms with E-state index in [1.165, 1.54) is 6.33 Å². The average molecular weight is 425 g/mol. The summed E-state index contributed by atoms with van der Waals surface area (Å²) in [5, 5.41) is 6.87. The zero-order valence-corrected chi connectivity index (χ0v) is 18.2. The van der Waals surface area contributed by atoms with Gasteiger partial charge in [0.2, 0.25) is 0 Å². The van der Waals surface area contributed by atoms with Crippen molar-refractivity contribution in [2.45, 2.75) is 39.7 Å². The van der Waals surface area contributed by atoms with Gasteiger partial charge in [-0.15, -0.1) is 0 Å². The summed E-state index contributed by atoms with van der Waals surface area (Å²) >= 11 is 5.92. The summed E-state index contributed by atoms with van der Waals surface area (Å²) in [6.45, 7) is 7.41. The first-order valence-corrected chi connectivity index (χ1v) is 10.1. The maximum Gasteiger partial charge on any atom is 0.267 e. The predicted molar refractivity (Wildman–Crippen MR) is 121 cm³/mol. The molecule has 7 heteroatoms. The van der Waals surface area contributed by atoms with Crippen LogP contribution in [0.25, 0.3) is 0 Å². The first kappa shape index (κ1) is 21.6. The third-order valence-electron chi connectivity index (χ3n) is 4.55. The van der Waals surface area contributed by atoms with Gasteiger partial charge >= 0.3 is 0 Å². The SMILES string of the molecule is CCc1ccc(Nc2cc(C)ncn2)cc1NC(=O)C(C)(C)Oc1ccc(Cl)cc1. The quantitative estimate of drug-likeness (QED) is 0.520. The third kappa shape index (κ3) is 5.48. The normalized spacial score (nSPS) is 11.1. The molecule has 30 heavy (non-hydrogen) atoms. The van der Waals surface area contributed by atoms with E-state index in [0.29, 0.717) is 16.6 Å². The standard InChI is InChI=1S/C23H25ClN4O2/c1-5-16-6-9-18(27-21-12-15(2)25-14-26-21)13-20(16)28-22(29)23(3,4)30-19-10-7-17(24)8-11-19/h6-14H,5H2,1-4H3,(H,28,29)(H,25,26,27). The van der Waals surface area contributed by atoms with Crippen LogP contribution in [0.15, 0.2) is 54.9 Å². The minimum absolute atomic E-state index is 0.248. The largest absolute Gasteiger partial charge is 0.478 e. The van der Waals surface area contributed by atoms with Crippen LogP contribution >= 0.6 is 11.6 Å². The van der Waals surface area contributed by atoms with Crippen LogP contribution in [0.2, 0.25) is 5.02 Å². The van der Waals surface area contributed by atoms with E-state index in [0.717, 1.165) is 29.1 Å². The van der Waals surface area contributed by atoms with Crippen molar-refractivity contribution < 1.29 is 9.53 Å². The molecule has 1 aromatic heterocycles. The zero-order chi connectivity index (χ0) is 21.7. The van der Waals surface area contributed by atoms with Crippen LogP contribution in [0, 0.1) is 6.92 Å². The summed E-state index contributed by atoms with van der Waals surface area (Å²) in [6.07, 6.45) is 2.29. The Labute approximate surface area is 181 Å². The number of carbonyl (C=O) groups excluding carboxylic acids is 1. The first-order chi connectivity index (χ1) is 14.3. The fraction of sp³-hybridized carbons (Fsp3) is 0.261. The Morgan fingerprint density at radius 1 is 1.10 bits per heavy atom. The van der Waals surface area contributed by atoms with E-state index in [1.54, 1.807) is 38.1 Å². The fourth-order valence-electron chi connectivity index (χ4n) is 2.87. The van der Waals surface area contributed by atoms with Crippen molar-refractivity contribution >= 4 is 34.7 Å². The molecule has 0 radical (unpaired) electrons. The topological polar surface area (TPSA) is 76.1 Å². The number of nitrogens with one attached hydrogen (secondary N) is 2. The van der Waals surface area contributed by atoms with Gasteiger partial charge in [0.15, 0.2) is 5.60 Å². The second-order valence-electron chi connectivity index (χ2n) is 7.42. The van der Waals surface area contributed by atoms with Crippen LogP contribution in [-0.2, 0) is 11.2 Å². The molecule has 1 heterocycles. The molecule has 0 aliphatic carbocycles. The summed E-state index contributed by atoms with van der Waals surface area (Å²) in [7, 11) is 0. The van der Waals surface area contributed by atoms with E-state index in [-0.39, 0.29) is 5.91 Å². The molecular weight excluding hydrogens is 400 g/mol. The molecule has 2 aromatic carbocycles. The van der Waals surface area contributed by atoms with Gasteiger partial charge in [-0.2, -0.15) is 0 Å². The number of anilines is 3. The number of amides is 1. The van der Waals surface area contributed by atoms with Crippen molar-refractivity contribution in [2.75, 3.05) is 10.6 Å². The van der Waals surface area contributed by atoms with Crippen LogP contribution < -0.4 is 15.4 Å². The maximum atomic E-state index is 13.0. The number of ether oxygens (including phenoxy) is 1. The summed E-state index contributed by atoms with van der Waals surface area (Å²) in [4.78, 5) is 21.3. The summed E-state index contributed by atoms with van der Waals surface area (Å²) in [5.41, 5.74) is 2.36. The van der Waals surface area contributed by atoms with E-state index in [9.17, 15) is 4.79 Å². The predicted octanol–water partition coefficient (Wildman–Crippen LogP) is 5.54. The molecule has 1 amide bonds. The highest BCUT2D eigenvalue weighted by molar-refractivity contribution is 6.30. The molecule has 0 aliphatic rings. The highest BCUT2D eigenvalue weighted by Gasteiger charge is 2.30. The molecule has 3 rings (SSSR count). The summed E-state index contributed by atoms with van der Waals surface area (Å²) in [5.74, 6) is 1.02. The van der Waals surface area contributed by atoms with Crippen LogP contribution in [0.1, 0.15) is 32.0 Å². The van der Waals surface area contributed by atoms with Crippen LogP contribution in [0.4, 0.5) is 17.2 Å². The highest BCUT2D eigenvalue weighted by atomic mass is 35.5. The van der Waals surface area contributed by atoms with Crippen molar-refractivity contribution in [3.05, 3.63) is 71.1 Å². The highest BCUT2D eigenvalue weighted by Crippen LogP contribution is 2.26. The number of nitrogens with zero attached hydrogens (tertiary/aromatic N) is 2. The van der Waals surface area contributed by atoms with Crippen molar-refractivity contribution in [2.24, 2.45) is 0 Å². The Morgan fingerprint density at radius 3 is 2.50 bits per heavy atom. The lowest BCUT2D eigenvalue weighted by Crippen LogP contribution is -2.42. The van der Waals surface area contributed by atoms with E-state index >= 15 is 0 Å². The molecule has 0 atom stereocenters. The Hall–Kier alpha value is -3.12. The van der Waals surface area contributed by atoms with E-state index in [1.807, 2.05) is 38.1 Å². The number of benzene rings is 2. The van der Waals surface area contributed by atoms with Gasteiger partial charge < -0.3 is 15.4 Å². The Kier molecular flexibility index (Phi) is 6.57.